The summed E-state index contributed by atoms with van der Waals surface area (Å²) in [6.07, 6.45) is 0.528. The molecule has 2 amide bonds. The Kier molecular flexibility index (Phi) is 7.02. The van der Waals surface area contributed by atoms with E-state index in [1.807, 2.05) is 60.4 Å². The molecule has 1 aliphatic heterocycles. The number of rotatable bonds is 6. The van der Waals surface area contributed by atoms with Gasteiger partial charge in [-0.3, -0.25) is 9.59 Å². The second kappa shape index (κ2) is 9.51. The van der Waals surface area contributed by atoms with Crippen LogP contribution >= 0.6 is 15.9 Å². The molecule has 30 heavy (non-hydrogen) atoms. The lowest BCUT2D eigenvalue weighted by Gasteiger charge is -2.37. The lowest BCUT2D eigenvalue weighted by molar-refractivity contribution is -0.131. The third-order valence-corrected chi connectivity index (χ3v) is 5.69. The Morgan fingerprint density at radius 3 is 2.30 bits per heavy atom. The van der Waals surface area contributed by atoms with Crippen LogP contribution in [0.3, 0.4) is 0 Å². The molecule has 0 aliphatic carbocycles. The summed E-state index contributed by atoms with van der Waals surface area (Å²) < 4.78 is 6.89. The maximum atomic E-state index is 13.0. The maximum absolute atomic E-state index is 13.0. The van der Waals surface area contributed by atoms with E-state index in [2.05, 4.69) is 26.1 Å². The molecule has 1 N–H and O–H groups in total. The monoisotopic (exact) mass is 473 g/mol. The van der Waals surface area contributed by atoms with Crippen molar-refractivity contribution in [1.29, 1.82) is 0 Å². The average Bonchev–Trinajstić information content (AvgIpc) is 2.75. The van der Waals surface area contributed by atoms with Crippen molar-refractivity contribution in [1.82, 2.24) is 4.90 Å². The van der Waals surface area contributed by atoms with Crippen molar-refractivity contribution in [3.63, 3.8) is 0 Å². The Hall–Kier alpha value is -2.54. The number of nitrogens with one attached hydrogen (secondary N) is 1. The van der Waals surface area contributed by atoms with Gasteiger partial charge in [0.25, 0.3) is 5.91 Å². The summed E-state index contributed by atoms with van der Waals surface area (Å²) in [6, 6.07) is 15.1. The van der Waals surface area contributed by atoms with Crippen LogP contribution in [0.2, 0.25) is 0 Å². The molecule has 0 atom stereocenters. The molecule has 0 radical (unpaired) electrons. The van der Waals surface area contributed by atoms with Crippen LogP contribution < -0.4 is 15.0 Å². The molecule has 160 valence electrons. The molecule has 1 aliphatic rings. The molecule has 1 saturated heterocycles. The highest BCUT2D eigenvalue weighted by Gasteiger charge is 2.31. The summed E-state index contributed by atoms with van der Waals surface area (Å²) in [5, 5.41) is 3.03. The molecule has 3 rings (SSSR count). The second-order valence-electron chi connectivity index (χ2n) is 7.76. The van der Waals surface area contributed by atoms with Gasteiger partial charge in [0.2, 0.25) is 5.91 Å². The molecular weight excluding hydrogens is 446 g/mol. The molecule has 0 aromatic heterocycles. The molecule has 2 aromatic carbocycles. The van der Waals surface area contributed by atoms with Crippen molar-refractivity contribution in [2.75, 3.05) is 36.4 Å². The highest BCUT2D eigenvalue weighted by atomic mass is 79.9. The predicted molar refractivity (Wildman–Crippen MR) is 123 cm³/mol. The minimum atomic E-state index is -1.05. The Bertz CT molecular complexity index is 891. The fourth-order valence-electron chi connectivity index (χ4n) is 3.39. The van der Waals surface area contributed by atoms with E-state index in [1.165, 1.54) is 0 Å². The predicted octanol–water partition coefficient (Wildman–Crippen LogP) is 4.30. The van der Waals surface area contributed by atoms with Crippen molar-refractivity contribution in [2.45, 2.75) is 32.8 Å². The van der Waals surface area contributed by atoms with Crippen molar-refractivity contribution in [3.8, 4) is 5.75 Å². The number of nitrogens with zero attached hydrogens (tertiary/aromatic N) is 2. The smallest absolute Gasteiger partial charge is 0.268 e. The normalized spacial score (nSPS) is 14.4. The van der Waals surface area contributed by atoms with Gasteiger partial charge in [-0.1, -0.05) is 35.0 Å². The standard InChI is InChI=1S/C23H28BrN3O3/c1-4-21(28)27-15-13-26(14-16-27)20-8-6-5-7-19(20)25-22(29)23(2,3)30-18-11-9-17(24)10-12-18/h5-12H,4,13-16H2,1-3H3,(H,25,29). The highest BCUT2D eigenvalue weighted by molar-refractivity contribution is 9.10. The Balaban J connectivity index is 1.69. The Morgan fingerprint density at radius 1 is 1.03 bits per heavy atom. The minimum Gasteiger partial charge on any atom is -0.478 e. The first-order chi connectivity index (χ1) is 14.3. The molecule has 6 nitrogen and oxygen atoms in total. The summed E-state index contributed by atoms with van der Waals surface area (Å²) in [5.74, 6) is 0.587. The number of carbonyl (C=O) groups excluding carboxylic acids is 2. The van der Waals surface area contributed by atoms with Gasteiger partial charge in [0.15, 0.2) is 5.60 Å². The van der Waals surface area contributed by atoms with Gasteiger partial charge in [0, 0.05) is 37.1 Å². The first-order valence-electron chi connectivity index (χ1n) is 10.2. The topological polar surface area (TPSA) is 61.9 Å². The number of halogens is 1. The van der Waals surface area contributed by atoms with Gasteiger partial charge in [-0.2, -0.15) is 0 Å². The van der Waals surface area contributed by atoms with Gasteiger partial charge in [0.05, 0.1) is 11.4 Å². The zero-order chi connectivity index (χ0) is 21.7. The van der Waals surface area contributed by atoms with Crippen LogP contribution in [-0.2, 0) is 9.59 Å². The summed E-state index contributed by atoms with van der Waals surface area (Å²) >= 11 is 3.40. The van der Waals surface area contributed by atoms with Gasteiger partial charge >= 0.3 is 0 Å². The summed E-state index contributed by atoms with van der Waals surface area (Å²) in [7, 11) is 0. The van der Waals surface area contributed by atoms with E-state index in [1.54, 1.807) is 13.8 Å². The molecule has 1 heterocycles. The Morgan fingerprint density at radius 2 is 1.67 bits per heavy atom. The number of para-hydroxylation sites is 2. The minimum absolute atomic E-state index is 0.183. The van der Waals surface area contributed by atoms with Crippen LogP contribution in [0.5, 0.6) is 5.75 Å². The van der Waals surface area contributed by atoms with E-state index in [4.69, 9.17) is 4.74 Å². The van der Waals surface area contributed by atoms with Crippen LogP contribution in [0, 0.1) is 0 Å². The van der Waals surface area contributed by atoms with Gasteiger partial charge in [0.1, 0.15) is 5.75 Å². The Labute approximate surface area is 186 Å². The fraction of sp³-hybridized carbons (Fsp3) is 0.391. The van der Waals surface area contributed by atoms with Gasteiger partial charge in [-0.05, 0) is 50.2 Å². The van der Waals surface area contributed by atoms with Crippen molar-refractivity contribution < 1.29 is 14.3 Å². The second-order valence-corrected chi connectivity index (χ2v) is 8.67. The van der Waals surface area contributed by atoms with Crippen molar-refractivity contribution in [3.05, 3.63) is 53.0 Å². The molecule has 7 heteroatoms. The first kappa shape index (κ1) is 22.2. The summed E-state index contributed by atoms with van der Waals surface area (Å²) in [4.78, 5) is 29.0. The van der Waals surface area contributed by atoms with Crippen LogP contribution in [-0.4, -0.2) is 48.5 Å². The van der Waals surface area contributed by atoms with E-state index in [0.717, 1.165) is 28.9 Å². The quantitative estimate of drug-likeness (QED) is 0.678. The lowest BCUT2D eigenvalue weighted by Crippen LogP contribution is -2.49. The zero-order valence-corrected chi connectivity index (χ0v) is 19.2. The number of hydrogen-bond donors (Lipinski definition) is 1. The maximum Gasteiger partial charge on any atom is 0.268 e. The average molecular weight is 474 g/mol. The van der Waals surface area contributed by atoms with Gasteiger partial charge < -0.3 is 19.9 Å². The third kappa shape index (κ3) is 5.33. The molecular formula is C23H28BrN3O3. The lowest BCUT2D eigenvalue weighted by atomic mass is 10.1. The molecule has 0 bridgehead atoms. The number of carbonyl (C=O) groups is 2. The molecule has 0 spiro atoms. The largest absolute Gasteiger partial charge is 0.478 e. The number of piperazine rings is 1. The highest BCUT2D eigenvalue weighted by Crippen LogP contribution is 2.29. The summed E-state index contributed by atoms with van der Waals surface area (Å²) in [6.45, 7) is 8.23. The molecule has 2 aromatic rings. The fourth-order valence-corrected chi connectivity index (χ4v) is 3.66. The number of hydrogen-bond acceptors (Lipinski definition) is 4. The number of benzene rings is 2. The number of anilines is 2. The van der Waals surface area contributed by atoms with E-state index in [0.29, 0.717) is 25.3 Å². The number of amides is 2. The van der Waals surface area contributed by atoms with E-state index >= 15 is 0 Å². The summed E-state index contributed by atoms with van der Waals surface area (Å²) in [5.41, 5.74) is 0.645. The first-order valence-corrected chi connectivity index (χ1v) is 11.0. The van der Waals surface area contributed by atoms with Crippen molar-refractivity contribution in [2.24, 2.45) is 0 Å². The van der Waals surface area contributed by atoms with E-state index < -0.39 is 5.60 Å². The molecule has 0 unspecified atom stereocenters. The van der Waals surface area contributed by atoms with E-state index in [-0.39, 0.29) is 11.8 Å². The van der Waals surface area contributed by atoms with Crippen LogP contribution in [0.25, 0.3) is 0 Å². The molecule has 1 fully saturated rings. The van der Waals surface area contributed by atoms with E-state index in [9.17, 15) is 9.59 Å². The van der Waals surface area contributed by atoms with Gasteiger partial charge in [-0.25, -0.2) is 0 Å². The van der Waals surface area contributed by atoms with Crippen LogP contribution in [0.15, 0.2) is 53.0 Å². The number of ether oxygens (including phenoxy) is 1. The third-order valence-electron chi connectivity index (χ3n) is 5.16. The van der Waals surface area contributed by atoms with Crippen LogP contribution in [0.1, 0.15) is 27.2 Å². The van der Waals surface area contributed by atoms with Crippen molar-refractivity contribution >= 4 is 39.1 Å². The van der Waals surface area contributed by atoms with Gasteiger partial charge in [-0.15, -0.1) is 0 Å². The van der Waals surface area contributed by atoms with Crippen LogP contribution in [0.4, 0.5) is 11.4 Å². The SMILES string of the molecule is CCC(=O)N1CCN(c2ccccc2NC(=O)C(C)(C)Oc2ccc(Br)cc2)CC1. The zero-order valence-electron chi connectivity index (χ0n) is 17.7. The molecule has 0 saturated carbocycles.